The minimum Gasteiger partial charge on any atom is -0.500 e. The summed E-state index contributed by atoms with van der Waals surface area (Å²) in [4.78, 5) is 8.52. The molecule has 8 rings (SSSR count). The average Bonchev–Trinajstić information content (AvgIpc) is 3.83. The van der Waals surface area contributed by atoms with Gasteiger partial charge in [0.2, 0.25) is 0 Å². The van der Waals surface area contributed by atoms with Gasteiger partial charge in [0.25, 0.3) is 0 Å². The van der Waals surface area contributed by atoms with E-state index in [1.165, 1.54) is 48.8 Å². The van der Waals surface area contributed by atoms with Gasteiger partial charge < -0.3 is 14.4 Å². The third-order valence-electron chi connectivity index (χ3n) is 8.40. The maximum absolute atomic E-state index is 8.93. The molecule has 1 aliphatic rings. The van der Waals surface area contributed by atoms with Crippen LogP contribution in [-0.2, 0) is 20.1 Å². The van der Waals surface area contributed by atoms with Gasteiger partial charge >= 0.3 is 0 Å². The van der Waals surface area contributed by atoms with Crippen molar-refractivity contribution in [2.75, 3.05) is 0 Å². The summed E-state index contributed by atoms with van der Waals surface area (Å²) in [7, 11) is 0. The molecule has 3 aromatic heterocycles. The van der Waals surface area contributed by atoms with E-state index in [1.54, 1.807) is 48.5 Å². The number of hydrogen-bond donors (Lipinski definition) is 0. The van der Waals surface area contributed by atoms with Crippen molar-refractivity contribution in [3.63, 3.8) is 0 Å². The van der Waals surface area contributed by atoms with Crippen molar-refractivity contribution < 1.29 is 46.5 Å². The zero-order valence-electron chi connectivity index (χ0n) is 41.7. The second-order valence-electron chi connectivity index (χ2n) is 11.5. The second kappa shape index (κ2) is 14.4. The summed E-state index contributed by atoms with van der Waals surface area (Å²) in [5.74, 6) is -0.881. The Bertz CT molecular complexity index is 2720. The Hall–Kier alpha value is -4.37. The fourth-order valence-corrected chi connectivity index (χ4v) is 6.00. The van der Waals surface area contributed by atoms with Gasteiger partial charge in [-0.1, -0.05) is 85.2 Å². The molecule has 1 saturated carbocycles. The normalized spacial score (nSPS) is 19.8. The quantitative estimate of drug-likeness (QED) is 0.166. The SMILES string of the molecule is [2H]C([2H])([2H])c1c[c-]c(-c2ccc(C([2H])([2H])[2H])cn2)cc1.[2H]C([2H])([2H])c1cnc(-c2[c-]ccc3c2oc2c(C([2H])([2H])[2H])cccc23)cc1-c1ccc(C2([2H])CCCC2)cc1C([2H])([2H])[2H].[Ir]. The summed E-state index contributed by atoms with van der Waals surface area (Å²) in [5.41, 5.74) is 3.70. The molecule has 0 spiro atoms. The van der Waals surface area contributed by atoms with Gasteiger partial charge in [-0.15, -0.1) is 53.6 Å². The van der Waals surface area contributed by atoms with Crippen LogP contribution in [0.3, 0.4) is 0 Å². The average molecular weight is 821 g/mol. The van der Waals surface area contributed by atoms with Crippen LogP contribution >= 0.6 is 0 Å². The van der Waals surface area contributed by atoms with Gasteiger partial charge in [-0.2, -0.15) is 0 Å². The van der Waals surface area contributed by atoms with Crippen molar-refractivity contribution in [2.24, 2.45) is 0 Å². The van der Waals surface area contributed by atoms with Crippen LogP contribution in [0.25, 0.3) is 55.6 Å². The summed E-state index contributed by atoms with van der Waals surface area (Å²) in [6.45, 7) is -11.9. The molecule has 0 aliphatic heterocycles. The molecule has 3 heterocycles. The van der Waals surface area contributed by atoms with E-state index in [0.29, 0.717) is 51.6 Å². The minimum absolute atomic E-state index is 0. The van der Waals surface area contributed by atoms with E-state index in [1.807, 2.05) is 0 Å². The van der Waals surface area contributed by atoms with Crippen molar-refractivity contribution in [1.29, 1.82) is 0 Å². The van der Waals surface area contributed by atoms with Crippen molar-refractivity contribution in [3.05, 3.63) is 143 Å². The van der Waals surface area contributed by atoms with E-state index >= 15 is 0 Å². The predicted molar refractivity (Wildman–Crippen MR) is 195 cm³/mol. The summed E-state index contributed by atoms with van der Waals surface area (Å²) in [6, 6.07) is 28.3. The number of rotatable bonds is 4. The third kappa shape index (κ3) is 6.79. The number of nitrogens with zero attached hydrogens (tertiary/aromatic N) is 2. The molecule has 48 heavy (non-hydrogen) atoms. The number of para-hydroxylation sites is 1. The molecule has 0 atom stereocenters. The van der Waals surface area contributed by atoms with Crippen molar-refractivity contribution >= 4 is 21.9 Å². The number of fused-ring (bicyclic) bond motifs is 3. The minimum atomic E-state index is -2.60. The first-order chi connectivity index (χ1) is 29.3. The maximum Gasteiger partial charge on any atom is 0.123 e. The van der Waals surface area contributed by atoms with Crippen LogP contribution in [-0.4, -0.2) is 9.97 Å². The van der Waals surface area contributed by atoms with Crippen LogP contribution in [0.15, 0.2) is 102 Å². The molecular weight excluding hydrogens is 765 g/mol. The fraction of sp³-hybridized carbons (Fsp3) is 0.227. The number of aromatic nitrogens is 2. The first kappa shape index (κ1) is 19.0. The van der Waals surface area contributed by atoms with E-state index < -0.39 is 40.2 Å². The number of furan rings is 1. The zero-order chi connectivity index (χ0) is 45.9. The van der Waals surface area contributed by atoms with Crippen LogP contribution in [0.1, 0.15) is 86.9 Å². The van der Waals surface area contributed by atoms with Gasteiger partial charge in [0.05, 0.1) is 5.58 Å². The Kier molecular flexibility index (Phi) is 5.69. The van der Waals surface area contributed by atoms with Crippen LogP contribution < -0.4 is 0 Å². The van der Waals surface area contributed by atoms with Crippen LogP contribution in [0.5, 0.6) is 0 Å². The summed E-state index contributed by atoms with van der Waals surface area (Å²) >= 11 is 0. The molecule has 1 fully saturated rings. The molecule has 1 aliphatic carbocycles. The van der Waals surface area contributed by atoms with Crippen molar-refractivity contribution in [3.8, 4) is 33.6 Å². The van der Waals surface area contributed by atoms with Crippen LogP contribution in [0.4, 0.5) is 0 Å². The third-order valence-corrected chi connectivity index (χ3v) is 8.40. The zero-order valence-corrected chi connectivity index (χ0v) is 28.1. The molecule has 4 heteroatoms. The molecule has 0 saturated heterocycles. The summed E-state index contributed by atoms with van der Waals surface area (Å²) in [6.07, 6.45) is 5.57. The molecule has 243 valence electrons. The van der Waals surface area contributed by atoms with E-state index in [0.717, 1.165) is 12.8 Å². The van der Waals surface area contributed by atoms with Crippen LogP contribution in [0, 0.1) is 46.4 Å². The van der Waals surface area contributed by atoms with Gasteiger partial charge in [0.15, 0.2) is 0 Å². The van der Waals surface area contributed by atoms with Crippen molar-refractivity contribution in [1.82, 2.24) is 9.97 Å². The Balaban J connectivity index is 0.000000272. The molecular formula is C44H40IrN2O-2. The van der Waals surface area contributed by atoms with Crippen molar-refractivity contribution in [2.45, 2.75) is 65.8 Å². The first-order valence-electron chi connectivity index (χ1n) is 23.3. The number of pyridine rings is 2. The molecule has 0 amide bonds. The van der Waals surface area contributed by atoms with E-state index in [2.05, 4.69) is 22.1 Å². The number of benzene rings is 4. The Labute approximate surface area is 320 Å². The molecule has 0 unspecified atom stereocenters. The molecule has 3 nitrogen and oxygen atoms in total. The van der Waals surface area contributed by atoms with E-state index in [-0.39, 0.29) is 70.3 Å². The molecule has 7 aromatic rings. The molecule has 1 radical (unpaired) electrons. The van der Waals surface area contributed by atoms with Gasteiger partial charge in [-0.3, -0.25) is 0 Å². The standard InChI is InChI=1S/C31H28NO.C13H12N.Ir/c1-19-8-6-11-25-26-12-7-13-27(31(26)33-30(19)25)29-17-28(21(3)18-32-29)24-15-14-23(16-20(24)2)22-9-4-5-10-22;1-10-3-6-12(7-4-10)13-8-5-11(2)9-14-13;/h6-8,11-12,14-18,22H,4-5,9-10H2,1-3H3;3-6,8-9H,1-2H3;/q2*-1;/i1D3,2D3,3D3,22D;1D3,2D3;. The Morgan fingerprint density at radius 1 is 0.708 bits per heavy atom. The van der Waals surface area contributed by atoms with Gasteiger partial charge in [-0.25, -0.2) is 0 Å². The van der Waals surface area contributed by atoms with E-state index in [9.17, 15) is 0 Å². The fourth-order valence-electron chi connectivity index (χ4n) is 6.00. The molecule has 0 N–H and O–H groups in total. The van der Waals surface area contributed by atoms with Crippen LogP contribution in [0.2, 0.25) is 0 Å². The summed E-state index contributed by atoms with van der Waals surface area (Å²) < 4.78 is 132. The largest absolute Gasteiger partial charge is 0.500 e. The van der Waals surface area contributed by atoms with Gasteiger partial charge in [-0.05, 0) is 96.5 Å². The summed E-state index contributed by atoms with van der Waals surface area (Å²) in [5, 5.41) is 1.25. The monoisotopic (exact) mass is 821 g/mol. The van der Waals surface area contributed by atoms with E-state index in [4.69, 9.17) is 26.3 Å². The number of hydrogen-bond acceptors (Lipinski definition) is 3. The second-order valence-corrected chi connectivity index (χ2v) is 11.5. The Morgan fingerprint density at radius 3 is 2.27 bits per heavy atom. The topological polar surface area (TPSA) is 38.9 Å². The van der Waals surface area contributed by atoms with Gasteiger partial charge in [0, 0.05) is 59.8 Å². The maximum atomic E-state index is 8.93. The smallest absolute Gasteiger partial charge is 0.123 e. The van der Waals surface area contributed by atoms with Gasteiger partial charge in [0.1, 0.15) is 5.58 Å². The Morgan fingerprint density at radius 2 is 1.52 bits per heavy atom. The predicted octanol–water partition coefficient (Wildman–Crippen LogP) is 11.9. The molecule has 0 bridgehead atoms. The first-order valence-corrected chi connectivity index (χ1v) is 15.3. The molecule has 4 aromatic carbocycles. The number of aryl methyl sites for hydroxylation is 5.